The Morgan fingerprint density at radius 3 is 1.64 bits per heavy atom. The van der Waals surface area contributed by atoms with E-state index in [2.05, 4.69) is 4.98 Å². The van der Waals surface area contributed by atoms with E-state index in [1.54, 1.807) is 27.7 Å². The van der Waals surface area contributed by atoms with E-state index < -0.39 is 10.0 Å². The Hall–Kier alpha value is -0.940. The first-order valence-corrected chi connectivity index (χ1v) is 5.77. The molecular weight excluding hydrogens is 200 g/mol. The Morgan fingerprint density at radius 2 is 1.36 bits per heavy atom. The summed E-state index contributed by atoms with van der Waals surface area (Å²) >= 11 is 0. The van der Waals surface area contributed by atoms with Crippen LogP contribution in [0.2, 0.25) is 0 Å². The third-order valence-corrected chi connectivity index (χ3v) is 3.57. The fourth-order valence-corrected chi connectivity index (χ4v) is 2.60. The molecule has 0 unspecified atom stereocenters. The van der Waals surface area contributed by atoms with Crippen LogP contribution >= 0.6 is 0 Å². The monoisotopic (exact) mass is 214 g/mol. The molecule has 1 rings (SSSR count). The number of rotatable bonds is 1. The summed E-state index contributed by atoms with van der Waals surface area (Å²) in [6, 6.07) is 0. The highest BCUT2D eigenvalue weighted by Crippen LogP contribution is 2.22. The molecule has 5 heteroatoms. The number of nitrogens with zero attached hydrogens (tertiary/aromatic N) is 1. The van der Waals surface area contributed by atoms with Crippen LogP contribution < -0.4 is 5.14 Å². The lowest BCUT2D eigenvalue weighted by atomic mass is 10.1. The Bertz CT molecular complexity index is 452. The minimum atomic E-state index is -3.65. The first-order valence-electron chi connectivity index (χ1n) is 4.22. The van der Waals surface area contributed by atoms with E-state index in [4.69, 9.17) is 5.14 Å². The van der Waals surface area contributed by atoms with E-state index in [1.807, 2.05) is 0 Å². The maximum absolute atomic E-state index is 11.3. The molecule has 0 radical (unpaired) electrons. The zero-order valence-electron chi connectivity index (χ0n) is 8.75. The molecular formula is C9H14N2O2S. The SMILES string of the molecule is Cc1nc(C)c(C)c(S(N)(=O)=O)c1C. The molecule has 0 aliphatic carbocycles. The van der Waals surface area contributed by atoms with Gasteiger partial charge in [-0.1, -0.05) is 0 Å². The fourth-order valence-electron chi connectivity index (χ4n) is 1.46. The van der Waals surface area contributed by atoms with Crippen molar-refractivity contribution in [2.45, 2.75) is 32.6 Å². The van der Waals surface area contributed by atoms with Crippen LogP contribution in [0.5, 0.6) is 0 Å². The van der Waals surface area contributed by atoms with Gasteiger partial charge in [-0.2, -0.15) is 0 Å². The highest BCUT2D eigenvalue weighted by Gasteiger charge is 2.18. The molecule has 1 heterocycles. The zero-order valence-corrected chi connectivity index (χ0v) is 9.57. The van der Waals surface area contributed by atoms with Crippen molar-refractivity contribution < 1.29 is 8.42 Å². The van der Waals surface area contributed by atoms with Gasteiger partial charge >= 0.3 is 0 Å². The van der Waals surface area contributed by atoms with E-state index >= 15 is 0 Å². The van der Waals surface area contributed by atoms with Crippen molar-refractivity contribution in [1.29, 1.82) is 0 Å². The number of hydrogen-bond donors (Lipinski definition) is 1. The van der Waals surface area contributed by atoms with E-state index in [-0.39, 0.29) is 4.90 Å². The molecule has 14 heavy (non-hydrogen) atoms. The van der Waals surface area contributed by atoms with Crippen molar-refractivity contribution >= 4 is 10.0 Å². The third kappa shape index (κ3) is 1.78. The lowest BCUT2D eigenvalue weighted by molar-refractivity contribution is 0.596. The quantitative estimate of drug-likeness (QED) is 0.756. The molecule has 0 fully saturated rings. The summed E-state index contributed by atoms with van der Waals surface area (Å²) in [4.78, 5) is 4.44. The molecule has 2 N–H and O–H groups in total. The van der Waals surface area contributed by atoms with Gasteiger partial charge in [-0.15, -0.1) is 0 Å². The van der Waals surface area contributed by atoms with E-state index in [0.29, 0.717) is 22.5 Å². The predicted octanol–water partition coefficient (Wildman–Crippen LogP) is 0.963. The zero-order chi connectivity index (χ0) is 11.1. The first kappa shape index (κ1) is 11.1. The second-order valence-electron chi connectivity index (χ2n) is 3.41. The summed E-state index contributed by atoms with van der Waals surface area (Å²) in [5, 5.41) is 5.14. The van der Waals surface area contributed by atoms with Crippen LogP contribution in [0.4, 0.5) is 0 Å². The van der Waals surface area contributed by atoms with E-state index in [1.165, 1.54) is 0 Å². The number of primary sulfonamides is 1. The lowest BCUT2D eigenvalue weighted by Gasteiger charge is -2.11. The molecule has 0 amide bonds. The maximum Gasteiger partial charge on any atom is 0.238 e. The molecule has 78 valence electrons. The Labute approximate surface area is 84.2 Å². The average Bonchev–Trinajstić information content (AvgIpc) is 1.98. The molecule has 0 bridgehead atoms. The molecule has 0 saturated carbocycles. The molecule has 0 aliphatic rings. The van der Waals surface area contributed by atoms with Gasteiger partial charge in [-0.25, -0.2) is 13.6 Å². The van der Waals surface area contributed by atoms with Gasteiger partial charge in [-0.05, 0) is 38.8 Å². The van der Waals surface area contributed by atoms with E-state index in [9.17, 15) is 8.42 Å². The van der Waals surface area contributed by atoms with Gasteiger partial charge in [0.25, 0.3) is 0 Å². The number of aryl methyl sites for hydroxylation is 2. The second kappa shape index (κ2) is 3.33. The largest absolute Gasteiger partial charge is 0.258 e. The Balaban J connectivity index is 3.74. The van der Waals surface area contributed by atoms with Crippen molar-refractivity contribution in [3.8, 4) is 0 Å². The first-order chi connectivity index (χ1) is 6.25. The highest BCUT2D eigenvalue weighted by molar-refractivity contribution is 7.89. The number of nitrogens with two attached hydrogens (primary N) is 1. The number of pyridine rings is 1. The number of sulfonamides is 1. The van der Waals surface area contributed by atoms with Crippen molar-refractivity contribution in [3.63, 3.8) is 0 Å². The molecule has 4 nitrogen and oxygen atoms in total. The standard InChI is InChI=1S/C9H14N2O2S/c1-5-7(3)11-8(4)6(2)9(5)14(10,12)13/h1-4H3,(H2,10,12,13). The molecule has 0 aliphatic heterocycles. The van der Waals surface area contributed by atoms with Crippen molar-refractivity contribution in [1.82, 2.24) is 4.98 Å². The second-order valence-corrected chi connectivity index (χ2v) is 4.91. The highest BCUT2D eigenvalue weighted by atomic mass is 32.2. The summed E-state index contributed by atoms with van der Waals surface area (Å²) in [5.41, 5.74) is 2.68. The Morgan fingerprint density at radius 1 is 1.00 bits per heavy atom. The minimum absolute atomic E-state index is 0.211. The Kier molecular flexibility index (Phi) is 2.65. The normalized spacial score (nSPS) is 11.8. The molecule has 0 atom stereocenters. The summed E-state index contributed by atoms with van der Waals surface area (Å²) in [6.45, 7) is 6.98. The van der Waals surface area contributed by atoms with Crippen LogP contribution in [0, 0.1) is 27.7 Å². The summed E-state index contributed by atoms with van der Waals surface area (Å²) in [5.74, 6) is 0. The van der Waals surface area contributed by atoms with Crippen LogP contribution in [0.25, 0.3) is 0 Å². The minimum Gasteiger partial charge on any atom is -0.258 e. The molecule has 0 saturated heterocycles. The molecule has 0 aromatic carbocycles. The van der Waals surface area contributed by atoms with Crippen LogP contribution in [-0.4, -0.2) is 13.4 Å². The number of aromatic nitrogens is 1. The molecule has 1 aromatic rings. The van der Waals surface area contributed by atoms with Gasteiger partial charge in [0, 0.05) is 11.4 Å². The molecule has 0 spiro atoms. The van der Waals surface area contributed by atoms with E-state index in [0.717, 1.165) is 0 Å². The van der Waals surface area contributed by atoms with Crippen LogP contribution in [0.15, 0.2) is 4.90 Å². The average molecular weight is 214 g/mol. The predicted molar refractivity (Wildman–Crippen MR) is 54.6 cm³/mol. The van der Waals surface area contributed by atoms with Crippen LogP contribution in [0.3, 0.4) is 0 Å². The van der Waals surface area contributed by atoms with Gasteiger partial charge < -0.3 is 0 Å². The summed E-state index contributed by atoms with van der Waals surface area (Å²) in [6.07, 6.45) is 0. The van der Waals surface area contributed by atoms with Crippen molar-refractivity contribution in [3.05, 3.63) is 22.5 Å². The van der Waals surface area contributed by atoms with Crippen molar-refractivity contribution in [2.75, 3.05) is 0 Å². The van der Waals surface area contributed by atoms with Gasteiger partial charge in [0.15, 0.2) is 0 Å². The van der Waals surface area contributed by atoms with Gasteiger partial charge in [0.2, 0.25) is 10.0 Å². The molecule has 1 aromatic heterocycles. The summed E-state index contributed by atoms with van der Waals surface area (Å²) in [7, 11) is -3.65. The van der Waals surface area contributed by atoms with Crippen LogP contribution in [0.1, 0.15) is 22.5 Å². The van der Waals surface area contributed by atoms with Crippen LogP contribution in [-0.2, 0) is 10.0 Å². The third-order valence-electron chi connectivity index (χ3n) is 2.39. The van der Waals surface area contributed by atoms with Crippen molar-refractivity contribution in [2.24, 2.45) is 5.14 Å². The fraction of sp³-hybridized carbons (Fsp3) is 0.444. The number of hydrogen-bond acceptors (Lipinski definition) is 3. The van der Waals surface area contributed by atoms with Gasteiger partial charge in [0.1, 0.15) is 0 Å². The summed E-state index contributed by atoms with van der Waals surface area (Å²) < 4.78 is 22.7. The van der Waals surface area contributed by atoms with Gasteiger partial charge in [-0.3, -0.25) is 4.98 Å². The topological polar surface area (TPSA) is 73.0 Å². The lowest BCUT2D eigenvalue weighted by Crippen LogP contribution is -2.17. The smallest absolute Gasteiger partial charge is 0.238 e. The van der Waals surface area contributed by atoms with Gasteiger partial charge in [0.05, 0.1) is 4.90 Å². The maximum atomic E-state index is 11.3.